The van der Waals surface area contributed by atoms with Gasteiger partial charge in [-0.25, -0.2) is 4.98 Å². The SMILES string of the molecule is CC(=O)OCCNc1cc(-c2ccccc2)c2cc(Cl)ccc2n1. The lowest BCUT2D eigenvalue weighted by atomic mass is 10.0. The number of rotatable bonds is 5. The fraction of sp³-hybridized carbons (Fsp3) is 0.158. The number of esters is 1. The third-order valence-electron chi connectivity index (χ3n) is 3.57. The molecule has 3 rings (SSSR count). The molecular weight excluding hydrogens is 324 g/mol. The van der Waals surface area contributed by atoms with E-state index in [9.17, 15) is 4.79 Å². The number of carbonyl (C=O) groups is 1. The number of pyridine rings is 1. The molecule has 0 spiro atoms. The summed E-state index contributed by atoms with van der Waals surface area (Å²) in [6.45, 7) is 2.20. The Hall–Kier alpha value is -2.59. The molecule has 1 N–H and O–H groups in total. The second-order valence-electron chi connectivity index (χ2n) is 5.35. The number of aromatic nitrogens is 1. The van der Waals surface area contributed by atoms with Gasteiger partial charge in [0.05, 0.1) is 12.1 Å². The van der Waals surface area contributed by atoms with E-state index in [1.807, 2.05) is 42.5 Å². The van der Waals surface area contributed by atoms with Gasteiger partial charge < -0.3 is 10.1 Å². The van der Waals surface area contributed by atoms with Gasteiger partial charge in [-0.05, 0) is 35.4 Å². The Morgan fingerprint density at radius 1 is 1.17 bits per heavy atom. The van der Waals surface area contributed by atoms with Gasteiger partial charge in [0.2, 0.25) is 0 Å². The molecule has 0 unspecified atom stereocenters. The molecule has 1 aromatic heterocycles. The van der Waals surface area contributed by atoms with Crippen molar-refractivity contribution in [3.63, 3.8) is 0 Å². The van der Waals surface area contributed by atoms with Crippen LogP contribution in [0.25, 0.3) is 22.0 Å². The highest BCUT2D eigenvalue weighted by Crippen LogP contribution is 2.31. The average Bonchev–Trinajstić information content (AvgIpc) is 2.59. The number of ether oxygens (including phenoxy) is 1. The van der Waals surface area contributed by atoms with Crippen molar-refractivity contribution in [3.8, 4) is 11.1 Å². The van der Waals surface area contributed by atoms with E-state index >= 15 is 0 Å². The maximum atomic E-state index is 10.8. The van der Waals surface area contributed by atoms with E-state index in [4.69, 9.17) is 16.3 Å². The van der Waals surface area contributed by atoms with E-state index < -0.39 is 0 Å². The smallest absolute Gasteiger partial charge is 0.302 e. The summed E-state index contributed by atoms with van der Waals surface area (Å²) in [6.07, 6.45) is 0. The molecule has 0 fully saturated rings. The van der Waals surface area contributed by atoms with Crippen molar-refractivity contribution >= 4 is 34.3 Å². The third-order valence-corrected chi connectivity index (χ3v) is 3.80. The predicted octanol–water partition coefficient (Wildman–Crippen LogP) is 4.53. The van der Waals surface area contributed by atoms with Crippen LogP contribution in [0.1, 0.15) is 6.92 Å². The maximum Gasteiger partial charge on any atom is 0.302 e. The zero-order valence-electron chi connectivity index (χ0n) is 13.3. The van der Waals surface area contributed by atoms with E-state index in [2.05, 4.69) is 22.4 Å². The van der Waals surface area contributed by atoms with Crippen LogP contribution in [-0.4, -0.2) is 24.1 Å². The topological polar surface area (TPSA) is 51.2 Å². The Kier molecular flexibility index (Phi) is 4.96. The van der Waals surface area contributed by atoms with Crippen LogP contribution in [0.2, 0.25) is 5.02 Å². The minimum Gasteiger partial charge on any atom is -0.464 e. The quantitative estimate of drug-likeness (QED) is 0.547. The Morgan fingerprint density at radius 2 is 1.96 bits per heavy atom. The summed E-state index contributed by atoms with van der Waals surface area (Å²) >= 11 is 6.16. The van der Waals surface area contributed by atoms with Gasteiger partial charge in [0.25, 0.3) is 0 Å². The van der Waals surface area contributed by atoms with Gasteiger partial charge in [-0.15, -0.1) is 0 Å². The minimum absolute atomic E-state index is 0.289. The molecule has 0 radical (unpaired) electrons. The molecular formula is C19H17ClN2O2. The summed E-state index contributed by atoms with van der Waals surface area (Å²) in [4.78, 5) is 15.4. The van der Waals surface area contributed by atoms with Gasteiger partial charge >= 0.3 is 5.97 Å². The second kappa shape index (κ2) is 7.32. The molecule has 0 aliphatic rings. The number of hydrogen-bond donors (Lipinski definition) is 1. The van der Waals surface area contributed by atoms with Gasteiger partial charge in [-0.2, -0.15) is 0 Å². The van der Waals surface area contributed by atoms with Crippen LogP contribution in [0.15, 0.2) is 54.6 Å². The molecule has 0 aliphatic heterocycles. The van der Waals surface area contributed by atoms with Gasteiger partial charge in [0, 0.05) is 17.3 Å². The average molecular weight is 341 g/mol. The van der Waals surface area contributed by atoms with Crippen molar-refractivity contribution in [2.24, 2.45) is 0 Å². The molecule has 0 saturated carbocycles. The molecule has 0 atom stereocenters. The largest absolute Gasteiger partial charge is 0.464 e. The highest BCUT2D eigenvalue weighted by molar-refractivity contribution is 6.31. The highest BCUT2D eigenvalue weighted by Gasteiger charge is 2.08. The van der Waals surface area contributed by atoms with Crippen molar-refractivity contribution < 1.29 is 9.53 Å². The van der Waals surface area contributed by atoms with Gasteiger partial charge in [0.1, 0.15) is 12.4 Å². The van der Waals surface area contributed by atoms with Crippen LogP contribution < -0.4 is 5.32 Å². The molecule has 0 aliphatic carbocycles. The first-order valence-electron chi connectivity index (χ1n) is 7.66. The fourth-order valence-electron chi connectivity index (χ4n) is 2.52. The molecule has 4 nitrogen and oxygen atoms in total. The number of benzene rings is 2. The minimum atomic E-state index is -0.289. The van der Waals surface area contributed by atoms with Crippen LogP contribution in [-0.2, 0) is 9.53 Å². The van der Waals surface area contributed by atoms with E-state index in [1.54, 1.807) is 0 Å². The first-order valence-corrected chi connectivity index (χ1v) is 8.04. The zero-order chi connectivity index (χ0) is 16.9. The summed E-state index contributed by atoms with van der Waals surface area (Å²) in [6, 6.07) is 17.7. The van der Waals surface area contributed by atoms with Crippen molar-refractivity contribution in [2.45, 2.75) is 6.92 Å². The summed E-state index contributed by atoms with van der Waals surface area (Å²) in [5.74, 6) is 0.443. The van der Waals surface area contributed by atoms with Crippen LogP contribution in [0.4, 0.5) is 5.82 Å². The number of carbonyl (C=O) groups excluding carboxylic acids is 1. The Balaban J connectivity index is 1.97. The molecule has 2 aromatic carbocycles. The molecule has 1 heterocycles. The standard InChI is InChI=1S/C19H17ClN2O2/c1-13(23)24-10-9-21-19-12-16(14-5-3-2-4-6-14)17-11-15(20)7-8-18(17)22-19/h2-8,11-12H,9-10H2,1H3,(H,21,22). The fourth-order valence-corrected chi connectivity index (χ4v) is 2.69. The number of fused-ring (bicyclic) bond motifs is 1. The van der Waals surface area contributed by atoms with Crippen LogP contribution in [0, 0.1) is 0 Å². The van der Waals surface area contributed by atoms with Crippen molar-refractivity contribution in [2.75, 3.05) is 18.5 Å². The molecule has 5 heteroatoms. The normalized spacial score (nSPS) is 10.6. The van der Waals surface area contributed by atoms with Crippen LogP contribution >= 0.6 is 11.6 Å². The van der Waals surface area contributed by atoms with Gasteiger partial charge in [-0.3, -0.25) is 4.79 Å². The van der Waals surface area contributed by atoms with E-state index in [0.717, 1.165) is 27.8 Å². The number of halogens is 1. The number of nitrogens with one attached hydrogen (secondary N) is 1. The van der Waals surface area contributed by atoms with Crippen LogP contribution in [0.5, 0.6) is 0 Å². The Morgan fingerprint density at radius 3 is 2.71 bits per heavy atom. The molecule has 0 amide bonds. The van der Waals surface area contributed by atoms with E-state index in [-0.39, 0.29) is 5.97 Å². The van der Waals surface area contributed by atoms with E-state index in [1.165, 1.54) is 6.92 Å². The Labute approximate surface area is 145 Å². The Bertz CT molecular complexity index is 866. The predicted molar refractivity (Wildman–Crippen MR) is 97.3 cm³/mol. The summed E-state index contributed by atoms with van der Waals surface area (Å²) < 4.78 is 4.94. The third kappa shape index (κ3) is 3.84. The molecule has 0 bridgehead atoms. The summed E-state index contributed by atoms with van der Waals surface area (Å²) in [7, 11) is 0. The van der Waals surface area contributed by atoms with Crippen LogP contribution in [0.3, 0.4) is 0 Å². The lowest BCUT2D eigenvalue weighted by molar-refractivity contribution is -0.140. The number of nitrogens with zero attached hydrogens (tertiary/aromatic N) is 1. The first-order chi connectivity index (χ1) is 11.6. The summed E-state index contributed by atoms with van der Waals surface area (Å²) in [5, 5.41) is 4.87. The van der Waals surface area contributed by atoms with Gasteiger partial charge in [-0.1, -0.05) is 41.9 Å². The highest BCUT2D eigenvalue weighted by atomic mass is 35.5. The lowest BCUT2D eigenvalue weighted by Gasteiger charge is -2.12. The van der Waals surface area contributed by atoms with Crippen molar-refractivity contribution in [1.82, 2.24) is 4.98 Å². The maximum absolute atomic E-state index is 10.8. The first kappa shape index (κ1) is 16.3. The zero-order valence-corrected chi connectivity index (χ0v) is 14.0. The van der Waals surface area contributed by atoms with Gasteiger partial charge in [0.15, 0.2) is 0 Å². The van der Waals surface area contributed by atoms with Crippen molar-refractivity contribution in [3.05, 3.63) is 59.6 Å². The second-order valence-corrected chi connectivity index (χ2v) is 5.79. The molecule has 122 valence electrons. The van der Waals surface area contributed by atoms with E-state index in [0.29, 0.717) is 18.2 Å². The monoisotopic (exact) mass is 340 g/mol. The van der Waals surface area contributed by atoms with Crippen molar-refractivity contribution in [1.29, 1.82) is 0 Å². The molecule has 0 saturated heterocycles. The molecule has 24 heavy (non-hydrogen) atoms. The number of hydrogen-bond acceptors (Lipinski definition) is 4. The summed E-state index contributed by atoms with van der Waals surface area (Å²) in [5.41, 5.74) is 3.00. The molecule has 3 aromatic rings. The lowest BCUT2D eigenvalue weighted by Crippen LogP contribution is -2.12. The number of anilines is 1.